The third kappa shape index (κ3) is 4.69. The van der Waals surface area contributed by atoms with Gasteiger partial charge in [-0.3, -0.25) is 14.4 Å². The lowest BCUT2D eigenvalue weighted by atomic mass is 9.66. The van der Waals surface area contributed by atoms with E-state index in [4.69, 9.17) is 16.3 Å². The van der Waals surface area contributed by atoms with Crippen LogP contribution in [0.25, 0.3) is 0 Å². The van der Waals surface area contributed by atoms with Crippen molar-refractivity contribution in [3.63, 3.8) is 0 Å². The zero-order chi connectivity index (χ0) is 27.6. The van der Waals surface area contributed by atoms with E-state index >= 15 is 0 Å². The normalized spacial score (nSPS) is 30.2. The van der Waals surface area contributed by atoms with Crippen LogP contribution in [0.2, 0.25) is 5.02 Å². The summed E-state index contributed by atoms with van der Waals surface area (Å²) in [6.45, 7) is 11.8. The van der Waals surface area contributed by atoms with Crippen molar-refractivity contribution in [2.75, 3.05) is 24.7 Å². The largest absolute Gasteiger partial charge is 0.465 e. The highest BCUT2D eigenvalue weighted by molar-refractivity contribution is 8.02. The number of aliphatic hydroxyl groups excluding tert-OH is 1. The Bertz CT molecular complexity index is 1080. The maximum atomic E-state index is 14.5. The molecule has 1 aromatic rings. The Balaban J connectivity index is 1.76. The fourth-order valence-electron chi connectivity index (χ4n) is 6.53. The molecule has 3 saturated heterocycles. The first-order valence-corrected chi connectivity index (χ1v) is 14.6. The van der Waals surface area contributed by atoms with Crippen LogP contribution >= 0.6 is 23.4 Å². The van der Waals surface area contributed by atoms with Crippen molar-refractivity contribution in [1.82, 2.24) is 4.90 Å². The van der Waals surface area contributed by atoms with Crippen molar-refractivity contribution in [3.05, 3.63) is 54.6 Å². The second-order valence-electron chi connectivity index (χ2n) is 10.4. The Kier molecular flexibility index (Phi) is 8.95. The summed E-state index contributed by atoms with van der Waals surface area (Å²) < 4.78 is 4.84. The molecule has 2 amide bonds. The molecule has 1 aromatic carbocycles. The van der Waals surface area contributed by atoms with Gasteiger partial charge in [0.15, 0.2) is 0 Å². The highest BCUT2D eigenvalue weighted by Crippen LogP contribution is 2.69. The smallest absolute Gasteiger partial charge is 0.310 e. The third-order valence-corrected chi connectivity index (χ3v) is 10.6. The topological polar surface area (TPSA) is 87.1 Å². The quantitative estimate of drug-likeness (QED) is 0.230. The van der Waals surface area contributed by atoms with Gasteiger partial charge >= 0.3 is 5.97 Å². The van der Waals surface area contributed by atoms with Crippen molar-refractivity contribution < 1.29 is 24.2 Å². The lowest BCUT2D eigenvalue weighted by Gasteiger charge is -2.42. The van der Waals surface area contributed by atoms with Crippen molar-refractivity contribution in [2.24, 2.45) is 17.8 Å². The summed E-state index contributed by atoms with van der Waals surface area (Å²) in [5, 5.41) is 10.7. The first kappa shape index (κ1) is 28.7. The number of allylic oxidation sites excluding steroid dienone is 1. The van der Waals surface area contributed by atoms with Gasteiger partial charge in [0.05, 0.1) is 35.8 Å². The highest BCUT2D eigenvalue weighted by Gasteiger charge is 2.77. The number of halogens is 1. The third-order valence-electron chi connectivity index (χ3n) is 8.28. The van der Waals surface area contributed by atoms with E-state index in [0.717, 1.165) is 12.8 Å². The number of rotatable bonds is 12. The first-order chi connectivity index (χ1) is 18.3. The van der Waals surface area contributed by atoms with Gasteiger partial charge in [-0.05, 0) is 55.9 Å². The van der Waals surface area contributed by atoms with Gasteiger partial charge in [-0.15, -0.1) is 24.9 Å². The molecule has 0 radical (unpaired) electrons. The predicted octanol–water partition coefficient (Wildman–Crippen LogP) is 4.48. The number of thioether (sulfide) groups is 1. The average Bonchev–Trinajstić information content (AvgIpc) is 3.50. The van der Waals surface area contributed by atoms with Crippen LogP contribution < -0.4 is 4.90 Å². The minimum atomic E-state index is -0.837. The summed E-state index contributed by atoms with van der Waals surface area (Å²) in [7, 11) is 0. The molecular formula is C29H37ClN2O5S. The van der Waals surface area contributed by atoms with Gasteiger partial charge in [0.25, 0.3) is 5.91 Å². The zero-order valence-corrected chi connectivity index (χ0v) is 23.6. The SMILES string of the molecule is C=CCCCOC(=O)[C@@H]1[C@H]2C(=O)N([C@@H](CC)CO)C(C(=O)N(CC=C)c3ccc(Cl)cc3)C23S[C@@H]1CC3C. The van der Waals surface area contributed by atoms with E-state index in [9.17, 15) is 19.5 Å². The molecule has 206 valence electrons. The molecule has 0 saturated carbocycles. The molecule has 9 heteroatoms. The van der Waals surface area contributed by atoms with Crippen molar-refractivity contribution in [1.29, 1.82) is 0 Å². The van der Waals surface area contributed by atoms with E-state index in [1.807, 2.05) is 6.92 Å². The van der Waals surface area contributed by atoms with Gasteiger partial charge < -0.3 is 19.6 Å². The van der Waals surface area contributed by atoms with Gasteiger partial charge in [-0.25, -0.2) is 0 Å². The molecule has 3 heterocycles. The summed E-state index contributed by atoms with van der Waals surface area (Å²) >= 11 is 7.70. The van der Waals surface area contributed by atoms with E-state index in [2.05, 4.69) is 20.1 Å². The van der Waals surface area contributed by atoms with Crippen LogP contribution in [-0.4, -0.2) is 69.6 Å². The van der Waals surface area contributed by atoms with Gasteiger partial charge in [-0.2, -0.15) is 0 Å². The molecule has 1 spiro atoms. The van der Waals surface area contributed by atoms with Crippen LogP contribution in [0.4, 0.5) is 5.69 Å². The van der Waals surface area contributed by atoms with Crippen LogP contribution in [0, 0.1) is 17.8 Å². The van der Waals surface area contributed by atoms with E-state index < -0.39 is 28.7 Å². The van der Waals surface area contributed by atoms with Gasteiger partial charge in [0, 0.05) is 22.5 Å². The standard InChI is InChI=1S/C29H37ClN2O5S/c1-5-8-9-15-37-28(36)23-22-16-18(4)29(38-22)24(23)26(34)32(20(7-3)17-33)25(29)27(35)31(14-6-2)21-12-10-19(30)11-13-21/h5-6,10-13,18,20,22-25,33H,1-2,7-9,14-17H2,3-4H3/t18?,20-,22+,23-,24-,25?,29?/m0/s1. The summed E-state index contributed by atoms with van der Waals surface area (Å²) in [5.41, 5.74) is 0.645. The number of unbranched alkanes of at least 4 members (excludes halogenated alkanes) is 1. The number of anilines is 1. The number of hydrogen-bond acceptors (Lipinski definition) is 6. The molecule has 3 aliphatic rings. The number of likely N-dealkylation sites (tertiary alicyclic amines) is 1. The Labute approximate surface area is 234 Å². The Morgan fingerprint density at radius 2 is 2.03 bits per heavy atom. The molecular weight excluding hydrogens is 524 g/mol. The molecule has 7 nitrogen and oxygen atoms in total. The minimum absolute atomic E-state index is 0.0159. The van der Waals surface area contributed by atoms with E-state index in [1.165, 1.54) is 0 Å². The fourth-order valence-corrected chi connectivity index (χ4v) is 9.05. The van der Waals surface area contributed by atoms with E-state index in [-0.39, 0.29) is 48.7 Å². The average molecular weight is 561 g/mol. The van der Waals surface area contributed by atoms with Gasteiger partial charge in [0.2, 0.25) is 5.91 Å². The highest BCUT2D eigenvalue weighted by atomic mass is 35.5. The number of ether oxygens (including phenoxy) is 1. The number of carbonyl (C=O) groups excluding carboxylic acids is 3. The number of benzene rings is 1. The van der Waals surface area contributed by atoms with Gasteiger partial charge in [0.1, 0.15) is 6.04 Å². The number of nitrogens with zero attached hydrogens (tertiary/aromatic N) is 2. The van der Waals surface area contributed by atoms with E-state index in [0.29, 0.717) is 23.6 Å². The first-order valence-electron chi connectivity index (χ1n) is 13.3. The Morgan fingerprint density at radius 3 is 2.63 bits per heavy atom. The zero-order valence-electron chi connectivity index (χ0n) is 22.1. The minimum Gasteiger partial charge on any atom is -0.465 e. The lowest BCUT2D eigenvalue weighted by Crippen LogP contribution is -2.59. The molecule has 3 aliphatic heterocycles. The van der Waals surface area contributed by atoms with Crippen LogP contribution in [-0.2, 0) is 19.1 Å². The number of hydrogen-bond donors (Lipinski definition) is 1. The number of esters is 1. The summed E-state index contributed by atoms with van der Waals surface area (Å²) in [4.78, 5) is 45.3. The van der Waals surface area contributed by atoms with Crippen LogP contribution in [0.5, 0.6) is 0 Å². The molecule has 1 N–H and O–H groups in total. The second kappa shape index (κ2) is 11.8. The Morgan fingerprint density at radius 1 is 1.32 bits per heavy atom. The molecule has 0 aromatic heterocycles. The molecule has 4 rings (SSSR count). The van der Waals surface area contributed by atoms with Crippen LogP contribution in [0.3, 0.4) is 0 Å². The summed E-state index contributed by atoms with van der Waals surface area (Å²) in [6.07, 6.45) is 6.04. The molecule has 3 unspecified atom stereocenters. The fraction of sp³-hybridized carbons (Fsp3) is 0.552. The van der Waals surface area contributed by atoms with Crippen molar-refractivity contribution >= 4 is 46.8 Å². The van der Waals surface area contributed by atoms with Crippen molar-refractivity contribution in [2.45, 2.75) is 61.6 Å². The molecule has 0 aliphatic carbocycles. The predicted molar refractivity (Wildman–Crippen MR) is 151 cm³/mol. The monoisotopic (exact) mass is 560 g/mol. The maximum Gasteiger partial charge on any atom is 0.310 e. The van der Waals surface area contributed by atoms with Crippen LogP contribution in [0.1, 0.15) is 39.5 Å². The number of aliphatic hydroxyl groups is 1. The van der Waals surface area contributed by atoms with Gasteiger partial charge in [-0.1, -0.05) is 37.6 Å². The van der Waals surface area contributed by atoms with Crippen molar-refractivity contribution in [3.8, 4) is 0 Å². The number of fused-ring (bicyclic) bond motifs is 1. The summed E-state index contributed by atoms with van der Waals surface area (Å²) in [6, 6.07) is 5.61. The number of amides is 2. The molecule has 2 bridgehead atoms. The summed E-state index contributed by atoms with van der Waals surface area (Å²) in [5.74, 6) is -2.14. The second-order valence-corrected chi connectivity index (χ2v) is 12.3. The van der Waals surface area contributed by atoms with E-state index in [1.54, 1.807) is 58.0 Å². The number of carbonyl (C=O) groups is 3. The molecule has 3 fully saturated rings. The molecule has 38 heavy (non-hydrogen) atoms. The maximum absolute atomic E-state index is 14.5. The lowest BCUT2D eigenvalue weighted by molar-refractivity contribution is -0.155. The molecule has 7 atom stereocenters. The Hall–Kier alpha value is -2.29. The van der Waals surface area contributed by atoms with Crippen LogP contribution in [0.15, 0.2) is 49.6 Å².